The molecule has 0 saturated carbocycles. The number of rotatable bonds is 3. The van der Waals surface area contributed by atoms with Crippen molar-refractivity contribution < 1.29 is 14.3 Å². The Kier molecular flexibility index (Phi) is 3.72. The number of hydrogen-bond acceptors (Lipinski definition) is 7. The zero-order valence-electron chi connectivity index (χ0n) is 12.3. The molecule has 0 fully saturated rings. The van der Waals surface area contributed by atoms with Gasteiger partial charge in [-0.15, -0.1) is 11.3 Å². The number of fused-ring (bicyclic) bond motifs is 1. The Morgan fingerprint density at radius 3 is 2.73 bits per heavy atom. The zero-order chi connectivity index (χ0) is 15.7. The summed E-state index contributed by atoms with van der Waals surface area (Å²) in [5.74, 6) is 0.0619. The van der Waals surface area contributed by atoms with Gasteiger partial charge in [-0.3, -0.25) is 0 Å². The lowest BCUT2D eigenvalue weighted by atomic mass is 10.1. The quantitative estimate of drug-likeness (QED) is 0.692. The van der Waals surface area contributed by atoms with Crippen molar-refractivity contribution in [2.24, 2.45) is 0 Å². The molecule has 0 aliphatic carbocycles. The second-order valence-corrected chi connectivity index (χ2v) is 5.64. The van der Waals surface area contributed by atoms with Gasteiger partial charge in [-0.05, 0) is 24.6 Å². The normalized spacial score (nSPS) is 10.7. The first kappa shape index (κ1) is 14.4. The summed E-state index contributed by atoms with van der Waals surface area (Å²) >= 11 is 1.27. The van der Waals surface area contributed by atoms with Crippen LogP contribution in [-0.4, -0.2) is 35.1 Å². The van der Waals surface area contributed by atoms with Crippen molar-refractivity contribution in [3.63, 3.8) is 0 Å². The average molecular weight is 315 g/mol. The fourth-order valence-corrected chi connectivity index (χ4v) is 2.95. The maximum absolute atomic E-state index is 11.6. The molecule has 2 aromatic heterocycles. The Morgan fingerprint density at radius 2 is 2.00 bits per heavy atom. The molecule has 0 radical (unpaired) electrons. The lowest BCUT2D eigenvalue weighted by Gasteiger charge is -2.06. The van der Waals surface area contributed by atoms with Crippen molar-refractivity contribution in [3.8, 4) is 16.5 Å². The van der Waals surface area contributed by atoms with Gasteiger partial charge in [0.25, 0.3) is 0 Å². The fraction of sp³-hybridized carbons (Fsp3) is 0.200. The number of hydrogen-bond donors (Lipinski definition) is 0. The molecule has 0 aliphatic rings. The van der Waals surface area contributed by atoms with Gasteiger partial charge in [0.1, 0.15) is 9.88 Å². The van der Waals surface area contributed by atoms with Crippen LogP contribution in [0.4, 0.5) is 0 Å². The summed E-state index contributed by atoms with van der Waals surface area (Å²) in [6, 6.07) is 3.91. The molecular weight excluding hydrogens is 302 g/mol. The van der Waals surface area contributed by atoms with Gasteiger partial charge < -0.3 is 9.47 Å². The molecule has 0 amide bonds. The summed E-state index contributed by atoms with van der Waals surface area (Å²) in [4.78, 5) is 25.1. The number of methoxy groups -OCH3 is 2. The Bertz CT molecular complexity index is 860. The first-order valence-corrected chi connectivity index (χ1v) is 7.30. The molecule has 2 heterocycles. The third-order valence-corrected chi connectivity index (χ3v) is 4.11. The van der Waals surface area contributed by atoms with Gasteiger partial charge in [0, 0.05) is 5.56 Å². The van der Waals surface area contributed by atoms with E-state index in [9.17, 15) is 4.79 Å². The molecule has 112 valence electrons. The SMILES string of the molecule is COC(=O)c1cnc(-c2cc(C)cc3nc(OC)cnc23)s1. The Morgan fingerprint density at radius 1 is 1.18 bits per heavy atom. The highest BCUT2D eigenvalue weighted by atomic mass is 32.1. The summed E-state index contributed by atoms with van der Waals surface area (Å²) in [6.07, 6.45) is 3.08. The molecule has 3 aromatic rings. The third kappa shape index (κ3) is 2.50. The number of nitrogens with zero attached hydrogens (tertiary/aromatic N) is 3. The highest BCUT2D eigenvalue weighted by Crippen LogP contribution is 2.32. The predicted molar refractivity (Wildman–Crippen MR) is 83.3 cm³/mol. The van der Waals surface area contributed by atoms with E-state index in [2.05, 4.69) is 15.0 Å². The maximum Gasteiger partial charge on any atom is 0.349 e. The van der Waals surface area contributed by atoms with Crippen LogP contribution in [-0.2, 0) is 4.74 Å². The van der Waals surface area contributed by atoms with Crippen molar-refractivity contribution >= 4 is 28.3 Å². The second-order valence-electron chi connectivity index (χ2n) is 4.61. The maximum atomic E-state index is 11.6. The van der Waals surface area contributed by atoms with Crippen LogP contribution >= 0.6 is 11.3 Å². The molecule has 0 N–H and O–H groups in total. The Hall–Kier alpha value is -2.54. The largest absolute Gasteiger partial charge is 0.480 e. The third-order valence-electron chi connectivity index (χ3n) is 3.10. The minimum Gasteiger partial charge on any atom is -0.480 e. The summed E-state index contributed by atoms with van der Waals surface area (Å²) in [5, 5.41) is 0.702. The molecular formula is C15H13N3O3S. The standard InChI is InChI=1S/C15H13N3O3S/c1-8-4-9(14-17-6-11(22-14)15(19)21-3)13-10(5-8)18-12(20-2)7-16-13/h4-7H,1-3H3. The van der Waals surface area contributed by atoms with Crippen LogP contribution in [0.5, 0.6) is 5.88 Å². The summed E-state index contributed by atoms with van der Waals surface area (Å²) < 4.78 is 9.82. The first-order valence-electron chi connectivity index (χ1n) is 6.48. The average Bonchev–Trinajstić information content (AvgIpc) is 3.02. The van der Waals surface area contributed by atoms with Gasteiger partial charge >= 0.3 is 5.97 Å². The van der Waals surface area contributed by atoms with Crippen molar-refractivity contribution in [2.45, 2.75) is 6.92 Å². The first-order chi connectivity index (χ1) is 10.6. The van der Waals surface area contributed by atoms with Gasteiger partial charge in [-0.25, -0.2) is 19.7 Å². The molecule has 3 rings (SSSR count). The lowest BCUT2D eigenvalue weighted by molar-refractivity contribution is 0.0606. The highest BCUT2D eigenvalue weighted by molar-refractivity contribution is 7.16. The molecule has 0 atom stereocenters. The summed E-state index contributed by atoms with van der Waals surface area (Å²) in [7, 11) is 2.90. The lowest BCUT2D eigenvalue weighted by Crippen LogP contribution is -1.96. The van der Waals surface area contributed by atoms with Gasteiger partial charge in [0.2, 0.25) is 5.88 Å². The Labute approximate surface area is 130 Å². The molecule has 7 heteroatoms. The topological polar surface area (TPSA) is 74.2 Å². The molecule has 0 bridgehead atoms. The van der Waals surface area contributed by atoms with E-state index in [0.717, 1.165) is 22.2 Å². The summed E-state index contributed by atoms with van der Waals surface area (Å²) in [6.45, 7) is 1.97. The number of carbonyl (C=O) groups excluding carboxylic acids is 1. The van der Waals surface area contributed by atoms with Crippen LogP contribution in [0.3, 0.4) is 0 Å². The molecule has 6 nitrogen and oxygen atoms in total. The van der Waals surface area contributed by atoms with E-state index in [-0.39, 0.29) is 0 Å². The predicted octanol–water partition coefficient (Wildman–Crippen LogP) is 2.86. The number of thiazole rings is 1. The summed E-state index contributed by atoms with van der Waals surface area (Å²) in [5.41, 5.74) is 3.31. The molecule has 1 aromatic carbocycles. The van der Waals surface area contributed by atoms with Crippen LogP contribution in [0.15, 0.2) is 24.5 Å². The van der Waals surface area contributed by atoms with E-state index in [1.165, 1.54) is 24.6 Å². The monoisotopic (exact) mass is 315 g/mol. The highest BCUT2D eigenvalue weighted by Gasteiger charge is 2.15. The van der Waals surface area contributed by atoms with E-state index in [1.807, 2.05) is 19.1 Å². The minimum atomic E-state index is -0.395. The van der Waals surface area contributed by atoms with E-state index in [0.29, 0.717) is 15.8 Å². The number of esters is 1. The van der Waals surface area contributed by atoms with Gasteiger partial charge in [-0.1, -0.05) is 0 Å². The van der Waals surface area contributed by atoms with Crippen LogP contribution < -0.4 is 4.74 Å². The number of aryl methyl sites for hydroxylation is 1. The molecule has 0 unspecified atom stereocenters. The van der Waals surface area contributed by atoms with Crippen LogP contribution in [0, 0.1) is 6.92 Å². The van der Waals surface area contributed by atoms with Gasteiger partial charge in [-0.2, -0.15) is 0 Å². The van der Waals surface area contributed by atoms with Crippen molar-refractivity contribution in [1.82, 2.24) is 15.0 Å². The van der Waals surface area contributed by atoms with Crippen molar-refractivity contribution in [2.75, 3.05) is 14.2 Å². The van der Waals surface area contributed by atoms with Gasteiger partial charge in [0.15, 0.2) is 0 Å². The molecule has 0 saturated heterocycles. The number of aromatic nitrogens is 3. The van der Waals surface area contributed by atoms with E-state index >= 15 is 0 Å². The van der Waals surface area contributed by atoms with Crippen LogP contribution in [0.25, 0.3) is 21.6 Å². The van der Waals surface area contributed by atoms with Crippen molar-refractivity contribution in [1.29, 1.82) is 0 Å². The number of benzene rings is 1. The van der Waals surface area contributed by atoms with Crippen molar-refractivity contribution in [3.05, 3.63) is 35.0 Å². The van der Waals surface area contributed by atoms with E-state index in [1.54, 1.807) is 13.3 Å². The molecule has 0 aliphatic heterocycles. The smallest absolute Gasteiger partial charge is 0.349 e. The van der Waals surface area contributed by atoms with Gasteiger partial charge in [0.05, 0.1) is 37.6 Å². The number of carbonyl (C=O) groups is 1. The molecule has 22 heavy (non-hydrogen) atoms. The fourth-order valence-electron chi connectivity index (χ4n) is 2.10. The van der Waals surface area contributed by atoms with Crippen LogP contribution in [0.2, 0.25) is 0 Å². The minimum absolute atomic E-state index is 0.395. The number of ether oxygens (including phenoxy) is 2. The molecule has 0 spiro atoms. The van der Waals surface area contributed by atoms with Crippen LogP contribution in [0.1, 0.15) is 15.2 Å². The zero-order valence-corrected chi connectivity index (χ0v) is 13.1. The van der Waals surface area contributed by atoms with E-state index < -0.39 is 5.97 Å². The Balaban J connectivity index is 2.17. The van der Waals surface area contributed by atoms with E-state index in [4.69, 9.17) is 9.47 Å². The second kappa shape index (κ2) is 5.69.